The van der Waals surface area contributed by atoms with Gasteiger partial charge in [-0.15, -0.1) is 0 Å². The molecule has 0 aliphatic carbocycles. The van der Waals surface area contributed by atoms with Crippen LogP contribution in [0.4, 0.5) is 0 Å². The van der Waals surface area contributed by atoms with Crippen molar-refractivity contribution < 1.29 is 55.6 Å². The van der Waals surface area contributed by atoms with Crippen molar-refractivity contribution in [2.45, 2.75) is 0 Å². The van der Waals surface area contributed by atoms with Crippen LogP contribution >= 0.6 is 0 Å². The Kier molecular flexibility index (Phi) is 208. The Morgan fingerprint density at radius 3 is 1.00 bits per heavy atom. The summed E-state index contributed by atoms with van der Waals surface area (Å²) < 4.78 is 0. The van der Waals surface area contributed by atoms with Crippen molar-refractivity contribution in [3.8, 4) is 0 Å². The zero-order valence-electron chi connectivity index (χ0n) is 2.26. The van der Waals surface area contributed by atoms with Gasteiger partial charge in [0.2, 0.25) is 0 Å². The Balaban J connectivity index is 0. The molecule has 0 rings (SSSR count). The molecule has 0 heterocycles. The van der Waals surface area contributed by atoms with Crippen LogP contribution in [0.2, 0.25) is 0 Å². The Morgan fingerprint density at radius 1 is 1.00 bits per heavy atom. The minimum atomic E-state index is 0. The summed E-state index contributed by atoms with van der Waals surface area (Å²) in [4.78, 5) is 0. The van der Waals surface area contributed by atoms with Gasteiger partial charge >= 0.3 is 0 Å². The van der Waals surface area contributed by atoms with Crippen LogP contribution in [-0.2, 0) is 55.6 Å². The van der Waals surface area contributed by atoms with Gasteiger partial charge in [0.1, 0.15) is 0 Å². The third-order valence-electron chi connectivity index (χ3n) is 0. The number of rotatable bonds is 0. The zero-order chi connectivity index (χ0) is 0. The van der Waals surface area contributed by atoms with Crippen molar-refractivity contribution >= 4 is 49.8 Å². The summed E-state index contributed by atoms with van der Waals surface area (Å²) in [6.45, 7) is 0. The molecule has 0 saturated carbocycles. The predicted molar refractivity (Wildman–Crippen MR) is 11.5 cm³/mol. The quantitative estimate of drug-likeness (QED) is 0.472. The third-order valence-corrected chi connectivity index (χ3v) is 0. The van der Waals surface area contributed by atoms with Crippen molar-refractivity contribution in [1.29, 1.82) is 0 Å². The molecule has 0 aromatic heterocycles. The summed E-state index contributed by atoms with van der Waals surface area (Å²) in [6.07, 6.45) is 0. The molecule has 0 atom stereocenters. The fraction of sp³-hybridized carbons (Fsp3) is 0. The van der Waals surface area contributed by atoms with E-state index in [2.05, 4.69) is 0 Å². The van der Waals surface area contributed by atoms with Gasteiger partial charge in [-0.3, -0.25) is 0 Å². The molecule has 0 spiro atoms. The zero-order valence-corrected chi connectivity index (χ0v) is 12.1. The van der Waals surface area contributed by atoms with Crippen molar-refractivity contribution in [2.24, 2.45) is 0 Å². The van der Waals surface area contributed by atoms with E-state index in [4.69, 9.17) is 0 Å². The molecule has 0 aliphatic heterocycles. The first-order valence-corrected chi connectivity index (χ1v) is 0. The molecule has 0 N–H and O–H groups in total. The molecule has 0 bridgehead atoms. The minimum absolute atomic E-state index is 0. The fourth-order valence-electron chi connectivity index (χ4n) is 0. The Labute approximate surface area is 103 Å². The van der Waals surface area contributed by atoms with Gasteiger partial charge in [-0.1, -0.05) is 0 Å². The van der Waals surface area contributed by atoms with Crippen LogP contribution in [0.5, 0.6) is 0 Å². The van der Waals surface area contributed by atoms with Crippen LogP contribution in [0, 0.1) is 0 Å². The molecule has 0 aromatic rings. The molecule has 5 heteroatoms. The first-order chi connectivity index (χ1) is 0. The summed E-state index contributed by atoms with van der Waals surface area (Å²) in [5, 5.41) is 0. The Bertz CT molecular complexity index is 11.6. The molecule has 0 nitrogen and oxygen atoms in total. The van der Waals surface area contributed by atoms with Gasteiger partial charge in [-0.2, -0.15) is 0 Å². The molecule has 0 aromatic carbocycles. The van der Waals surface area contributed by atoms with Crippen molar-refractivity contribution in [2.75, 3.05) is 0 Å². The number of hydrogen-bond donors (Lipinski definition) is 0. The second-order valence-corrected chi connectivity index (χ2v) is 0. The van der Waals surface area contributed by atoms with Gasteiger partial charge in [-0.25, -0.2) is 0 Å². The molecule has 0 saturated heterocycles. The summed E-state index contributed by atoms with van der Waals surface area (Å²) in [7, 11) is 0. The predicted octanol–water partition coefficient (Wildman–Crippen LogP) is -0.769. The van der Waals surface area contributed by atoms with E-state index in [0.717, 1.165) is 0 Å². The molecule has 0 fully saturated rings. The summed E-state index contributed by atoms with van der Waals surface area (Å²) in [5.41, 5.74) is 0. The SMILES string of the molecule is [Co].[Fe].[In].[Sn].[Ti]. The molecule has 28 valence electrons. The van der Waals surface area contributed by atoms with Crippen molar-refractivity contribution in [1.82, 2.24) is 0 Å². The first kappa shape index (κ1) is 39.7. The topological polar surface area (TPSA) is 0 Å². The van der Waals surface area contributed by atoms with E-state index in [9.17, 15) is 0 Å². The minimum Gasteiger partial charge on any atom is 0 e. The second kappa shape index (κ2) is 26.2. The summed E-state index contributed by atoms with van der Waals surface area (Å²) >= 11 is 0. The first-order valence-electron chi connectivity index (χ1n) is 0. The van der Waals surface area contributed by atoms with Crippen LogP contribution in [-0.4, -0.2) is 49.8 Å². The van der Waals surface area contributed by atoms with E-state index in [1.165, 1.54) is 0 Å². The van der Waals surface area contributed by atoms with E-state index >= 15 is 0 Å². The third kappa shape index (κ3) is 18.7. The summed E-state index contributed by atoms with van der Waals surface area (Å²) in [6, 6.07) is 0. The van der Waals surface area contributed by atoms with E-state index in [-0.39, 0.29) is 105 Å². The van der Waals surface area contributed by atoms with Crippen LogP contribution in [0.3, 0.4) is 0 Å². The molecule has 8 radical (unpaired) electrons. The normalized spacial score (nSPS) is 0. The average molecular weight is 396 g/mol. The maximum atomic E-state index is 0. The number of hydrogen-bond acceptors (Lipinski definition) is 0. The maximum Gasteiger partial charge on any atom is 0 e. The van der Waals surface area contributed by atoms with Crippen LogP contribution in [0.1, 0.15) is 0 Å². The Hall–Kier alpha value is 3.41. The van der Waals surface area contributed by atoms with Crippen molar-refractivity contribution in [3.63, 3.8) is 0 Å². The molecule has 0 aliphatic rings. The van der Waals surface area contributed by atoms with Crippen LogP contribution < -0.4 is 0 Å². The van der Waals surface area contributed by atoms with Crippen LogP contribution in [0.15, 0.2) is 0 Å². The van der Waals surface area contributed by atoms with Gasteiger partial charge in [0.05, 0.1) is 0 Å². The molecular formula is CoFeInSnTi. The largest absolute Gasteiger partial charge is 0 e. The van der Waals surface area contributed by atoms with Gasteiger partial charge in [0, 0.05) is 105 Å². The smallest absolute Gasteiger partial charge is 0 e. The van der Waals surface area contributed by atoms with Gasteiger partial charge in [-0.05, 0) is 0 Å². The van der Waals surface area contributed by atoms with Gasteiger partial charge in [0.15, 0.2) is 0 Å². The van der Waals surface area contributed by atoms with Crippen molar-refractivity contribution in [3.05, 3.63) is 0 Å². The fourth-order valence-corrected chi connectivity index (χ4v) is 0. The molecule has 5 heavy (non-hydrogen) atoms. The molecule has 0 unspecified atom stereocenters. The second-order valence-electron chi connectivity index (χ2n) is 0. The Morgan fingerprint density at radius 2 is 1.00 bits per heavy atom. The van der Waals surface area contributed by atoms with E-state index in [0.29, 0.717) is 0 Å². The van der Waals surface area contributed by atoms with E-state index < -0.39 is 0 Å². The van der Waals surface area contributed by atoms with E-state index in [1.807, 2.05) is 0 Å². The standard InChI is InChI=1S/Co.Fe.In.Sn.Ti. The average Bonchev–Trinajstić information content (AvgIpc) is 0. The van der Waals surface area contributed by atoms with E-state index in [1.54, 1.807) is 0 Å². The van der Waals surface area contributed by atoms with Crippen LogP contribution in [0.25, 0.3) is 0 Å². The van der Waals surface area contributed by atoms with Gasteiger partial charge in [0.25, 0.3) is 0 Å². The molecular weight excluding hydrogens is 396 g/mol. The molecule has 0 amide bonds. The monoisotopic (exact) mass is 398 g/mol. The maximum absolute atomic E-state index is 0. The summed E-state index contributed by atoms with van der Waals surface area (Å²) in [5.74, 6) is 0. The van der Waals surface area contributed by atoms with Gasteiger partial charge < -0.3 is 0 Å².